The molecule has 2 nitrogen and oxygen atoms in total. The van der Waals surface area contributed by atoms with Crippen LogP contribution in [0.5, 0.6) is 0 Å². The lowest BCUT2D eigenvalue weighted by Gasteiger charge is -2.43. The largest absolute Gasteiger partial charge is 0.381 e. The van der Waals surface area contributed by atoms with Gasteiger partial charge in [0.1, 0.15) is 0 Å². The quantitative estimate of drug-likeness (QED) is 0.708. The third-order valence-electron chi connectivity index (χ3n) is 2.94. The lowest BCUT2D eigenvalue weighted by atomic mass is 9.99. The number of halogens is 1. The molecule has 1 aromatic carbocycles. The molecule has 1 aliphatic rings. The van der Waals surface area contributed by atoms with Gasteiger partial charge in [-0.15, -0.1) is 0 Å². The van der Waals surface area contributed by atoms with Crippen LogP contribution in [0.2, 0.25) is 5.02 Å². The number of fused-ring (bicyclic) bond motifs is 1. The minimum atomic E-state index is 0.109. The Labute approximate surface area is 89.9 Å². The van der Waals surface area contributed by atoms with Crippen molar-refractivity contribution in [1.29, 1.82) is 0 Å². The molecule has 0 aliphatic carbocycles. The summed E-state index contributed by atoms with van der Waals surface area (Å²) in [5.41, 5.74) is 2.34. The Morgan fingerprint density at radius 1 is 1.43 bits per heavy atom. The van der Waals surface area contributed by atoms with E-state index < -0.39 is 0 Å². The van der Waals surface area contributed by atoms with E-state index >= 15 is 0 Å². The van der Waals surface area contributed by atoms with Gasteiger partial charge in [0.05, 0.1) is 21.9 Å². The van der Waals surface area contributed by atoms with E-state index in [0.717, 1.165) is 22.9 Å². The maximum Gasteiger partial charge on any atom is 0.0793 e. The molecule has 1 heterocycles. The van der Waals surface area contributed by atoms with Crippen LogP contribution in [0.1, 0.15) is 13.8 Å². The lowest BCUT2D eigenvalue weighted by Crippen LogP contribution is -2.50. The first-order chi connectivity index (χ1) is 6.52. The maximum atomic E-state index is 6.18. The summed E-state index contributed by atoms with van der Waals surface area (Å²) in [6.45, 7) is 5.34. The van der Waals surface area contributed by atoms with Crippen molar-refractivity contribution < 1.29 is 0 Å². The molecule has 1 aliphatic heterocycles. The summed E-state index contributed by atoms with van der Waals surface area (Å²) < 4.78 is 0. The van der Waals surface area contributed by atoms with Gasteiger partial charge < -0.3 is 10.2 Å². The first kappa shape index (κ1) is 9.66. The standard InChI is InChI=1S/C11H15ClN2/c1-11(2)7-13-9-6-4-5-8(12)10(9)14(11)3/h4-6,13H,7H2,1-3H3. The molecule has 0 spiro atoms. The van der Waals surface area contributed by atoms with Gasteiger partial charge in [-0.2, -0.15) is 0 Å². The third-order valence-corrected chi connectivity index (χ3v) is 3.25. The zero-order valence-electron chi connectivity index (χ0n) is 8.76. The maximum absolute atomic E-state index is 6.18. The van der Waals surface area contributed by atoms with E-state index in [2.05, 4.69) is 37.2 Å². The van der Waals surface area contributed by atoms with E-state index in [1.807, 2.05) is 12.1 Å². The number of rotatable bonds is 0. The van der Waals surface area contributed by atoms with Crippen molar-refractivity contribution in [3.05, 3.63) is 23.2 Å². The normalized spacial score (nSPS) is 18.7. The lowest BCUT2D eigenvalue weighted by molar-refractivity contribution is 0.503. The minimum Gasteiger partial charge on any atom is -0.381 e. The molecule has 2 rings (SSSR count). The van der Waals surface area contributed by atoms with Crippen LogP contribution < -0.4 is 10.2 Å². The molecule has 76 valence electrons. The highest BCUT2D eigenvalue weighted by molar-refractivity contribution is 6.34. The first-order valence-electron chi connectivity index (χ1n) is 4.78. The average Bonchev–Trinajstić information content (AvgIpc) is 2.12. The van der Waals surface area contributed by atoms with Gasteiger partial charge in [0.25, 0.3) is 0 Å². The van der Waals surface area contributed by atoms with Gasteiger partial charge >= 0.3 is 0 Å². The summed E-state index contributed by atoms with van der Waals surface area (Å²) >= 11 is 6.18. The summed E-state index contributed by atoms with van der Waals surface area (Å²) in [6, 6.07) is 5.97. The van der Waals surface area contributed by atoms with E-state index in [9.17, 15) is 0 Å². The molecular weight excluding hydrogens is 196 g/mol. The fourth-order valence-electron chi connectivity index (χ4n) is 1.73. The predicted octanol–water partition coefficient (Wildman–Crippen LogP) is 2.98. The second-order valence-corrected chi connectivity index (χ2v) is 4.77. The molecule has 1 aromatic rings. The summed E-state index contributed by atoms with van der Waals surface area (Å²) in [5, 5.41) is 4.21. The molecule has 1 N–H and O–H groups in total. The van der Waals surface area contributed by atoms with E-state index in [1.165, 1.54) is 0 Å². The van der Waals surface area contributed by atoms with Crippen LogP contribution in [-0.4, -0.2) is 19.1 Å². The van der Waals surface area contributed by atoms with Crippen LogP contribution in [0.4, 0.5) is 11.4 Å². The van der Waals surface area contributed by atoms with Crippen molar-refractivity contribution in [2.24, 2.45) is 0 Å². The molecular formula is C11H15ClN2. The second-order valence-electron chi connectivity index (χ2n) is 4.36. The molecule has 0 amide bonds. The number of hydrogen-bond donors (Lipinski definition) is 1. The predicted molar refractivity (Wildman–Crippen MR) is 62.4 cm³/mol. The Bertz CT molecular complexity index is 360. The molecule has 3 heteroatoms. The van der Waals surface area contributed by atoms with Gasteiger partial charge in [0.2, 0.25) is 0 Å². The van der Waals surface area contributed by atoms with Gasteiger partial charge in [-0.05, 0) is 26.0 Å². The van der Waals surface area contributed by atoms with Crippen LogP contribution in [0.15, 0.2) is 18.2 Å². The summed E-state index contributed by atoms with van der Waals surface area (Å²) in [5.74, 6) is 0. The van der Waals surface area contributed by atoms with Gasteiger partial charge in [-0.25, -0.2) is 0 Å². The number of nitrogens with zero attached hydrogens (tertiary/aromatic N) is 1. The molecule has 0 unspecified atom stereocenters. The monoisotopic (exact) mass is 210 g/mol. The van der Waals surface area contributed by atoms with E-state index in [-0.39, 0.29) is 5.54 Å². The van der Waals surface area contributed by atoms with Crippen molar-refractivity contribution in [2.75, 3.05) is 23.8 Å². The Balaban J connectivity index is 2.54. The molecule has 0 aromatic heterocycles. The number of anilines is 2. The van der Waals surface area contributed by atoms with Gasteiger partial charge in [-0.1, -0.05) is 17.7 Å². The van der Waals surface area contributed by atoms with Gasteiger partial charge in [0.15, 0.2) is 0 Å². The van der Waals surface area contributed by atoms with Crippen LogP contribution in [-0.2, 0) is 0 Å². The van der Waals surface area contributed by atoms with Crippen LogP contribution in [0, 0.1) is 0 Å². The van der Waals surface area contributed by atoms with E-state index in [1.54, 1.807) is 0 Å². The highest BCUT2D eigenvalue weighted by atomic mass is 35.5. The van der Waals surface area contributed by atoms with Crippen molar-refractivity contribution in [3.8, 4) is 0 Å². The first-order valence-corrected chi connectivity index (χ1v) is 5.16. The van der Waals surface area contributed by atoms with Crippen LogP contribution >= 0.6 is 11.6 Å². The number of nitrogens with one attached hydrogen (secondary N) is 1. The van der Waals surface area contributed by atoms with Crippen LogP contribution in [0.3, 0.4) is 0 Å². The van der Waals surface area contributed by atoms with Gasteiger partial charge in [0, 0.05) is 13.6 Å². The zero-order valence-corrected chi connectivity index (χ0v) is 9.52. The Morgan fingerprint density at radius 2 is 2.14 bits per heavy atom. The average molecular weight is 211 g/mol. The van der Waals surface area contributed by atoms with Crippen molar-refractivity contribution in [2.45, 2.75) is 19.4 Å². The highest BCUT2D eigenvalue weighted by Crippen LogP contribution is 2.39. The fraction of sp³-hybridized carbons (Fsp3) is 0.455. The van der Waals surface area contributed by atoms with Crippen molar-refractivity contribution >= 4 is 23.0 Å². The topological polar surface area (TPSA) is 15.3 Å². The fourth-order valence-corrected chi connectivity index (χ4v) is 2.03. The molecule has 0 bridgehead atoms. The molecule has 0 fully saturated rings. The zero-order chi connectivity index (χ0) is 10.3. The number of hydrogen-bond acceptors (Lipinski definition) is 2. The summed E-state index contributed by atoms with van der Waals surface area (Å²) in [6.07, 6.45) is 0. The molecule has 0 radical (unpaired) electrons. The van der Waals surface area contributed by atoms with Crippen molar-refractivity contribution in [3.63, 3.8) is 0 Å². The molecule has 0 saturated heterocycles. The van der Waals surface area contributed by atoms with Crippen LogP contribution in [0.25, 0.3) is 0 Å². The van der Waals surface area contributed by atoms with Crippen molar-refractivity contribution in [1.82, 2.24) is 0 Å². The smallest absolute Gasteiger partial charge is 0.0793 e. The number of benzene rings is 1. The third kappa shape index (κ3) is 1.34. The van der Waals surface area contributed by atoms with Gasteiger partial charge in [-0.3, -0.25) is 0 Å². The Kier molecular flexibility index (Phi) is 2.11. The number of likely N-dealkylation sites (N-methyl/N-ethyl adjacent to an activating group) is 1. The summed E-state index contributed by atoms with van der Waals surface area (Å²) in [7, 11) is 2.09. The Morgan fingerprint density at radius 3 is 2.86 bits per heavy atom. The minimum absolute atomic E-state index is 0.109. The molecule has 0 atom stereocenters. The molecule has 0 saturated carbocycles. The van der Waals surface area contributed by atoms with E-state index in [0.29, 0.717) is 0 Å². The summed E-state index contributed by atoms with van der Waals surface area (Å²) in [4.78, 5) is 2.24. The SMILES string of the molecule is CN1c2c(Cl)cccc2NCC1(C)C. The highest BCUT2D eigenvalue weighted by Gasteiger charge is 2.30. The Hall–Kier alpha value is -0.890. The second kappa shape index (κ2) is 3.06. The number of para-hydroxylation sites is 1. The van der Waals surface area contributed by atoms with E-state index in [4.69, 9.17) is 11.6 Å². The molecule has 14 heavy (non-hydrogen) atoms.